The number of hydrogen-bond acceptors (Lipinski definition) is 3. The monoisotopic (exact) mass is 393 g/mol. The Bertz CT molecular complexity index is 1090. The number of carbonyl (C=O) groups excluding carboxylic acids is 1. The summed E-state index contributed by atoms with van der Waals surface area (Å²) in [5.74, 6) is -1.29. The predicted octanol–water partition coefficient (Wildman–Crippen LogP) is 3.22. The highest BCUT2D eigenvalue weighted by Gasteiger charge is 2.16. The molecule has 132 valence electrons. The largest absolute Gasteiger partial charge is 0.333 e. The summed E-state index contributed by atoms with van der Waals surface area (Å²) in [5.41, 5.74) is -1.52. The second kappa shape index (κ2) is 7.15. The molecule has 0 radical (unpaired) electrons. The van der Waals surface area contributed by atoms with Gasteiger partial charge in [-0.2, -0.15) is 0 Å². The Hall–Kier alpha value is -2.90. The molecule has 1 heterocycles. The fourth-order valence-electron chi connectivity index (χ4n) is 2.28. The molecule has 6 nitrogen and oxygen atoms in total. The van der Waals surface area contributed by atoms with Gasteiger partial charge in [-0.15, -0.1) is 0 Å². The number of halogens is 3. The Morgan fingerprint density at radius 3 is 2.27 bits per heavy atom. The molecule has 9 heteroatoms. The quantitative estimate of drug-likeness (QED) is 0.716. The first-order valence-electron chi connectivity index (χ1n) is 7.23. The van der Waals surface area contributed by atoms with Gasteiger partial charge in [0.25, 0.3) is 11.5 Å². The molecule has 0 saturated carbocycles. The van der Waals surface area contributed by atoms with Gasteiger partial charge in [0.05, 0.1) is 5.69 Å². The molecule has 0 aliphatic heterocycles. The fraction of sp³-hybridized carbons (Fsp3) is 0. The van der Waals surface area contributed by atoms with Gasteiger partial charge in [0.15, 0.2) is 0 Å². The van der Waals surface area contributed by atoms with Gasteiger partial charge in [-0.25, -0.2) is 13.8 Å². The lowest BCUT2D eigenvalue weighted by molar-refractivity contribution is 0.102. The molecule has 0 unspecified atom stereocenters. The molecule has 3 rings (SSSR count). The summed E-state index contributed by atoms with van der Waals surface area (Å²) in [5, 5.41) is 3.09. The van der Waals surface area contributed by atoms with Crippen LogP contribution in [-0.2, 0) is 0 Å². The van der Waals surface area contributed by atoms with E-state index in [1.807, 2.05) is 0 Å². The van der Waals surface area contributed by atoms with Gasteiger partial charge in [0, 0.05) is 21.9 Å². The van der Waals surface area contributed by atoms with Crippen LogP contribution in [0.3, 0.4) is 0 Å². The molecule has 1 amide bonds. The van der Waals surface area contributed by atoms with E-state index < -0.39 is 23.0 Å². The number of aromatic amines is 1. The van der Waals surface area contributed by atoms with Gasteiger partial charge >= 0.3 is 5.69 Å². The third kappa shape index (κ3) is 3.68. The van der Waals surface area contributed by atoms with Crippen LogP contribution in [0, 0.1) is 5.82 Å². The zero-order valence-corrected chi connectivity index (χ0v) is 14.4. The average molecular weight is 394 g/mol. The van der Waals surface area contributed by atoms with Gasteiger partial charge < -0.3 is 10.3 Å². The van der Waals surface area contributed by atoms with E-state index in [1.165, 1.54) is 30.3 Å². The number of anilines is 1. The van der Waals surface area contributed by atoms with E-state index in [9.17, 15) is 18.8 Å². The Morgan fingerprint density at radius 2 is 1.65 bits per heavy atom. The minimum Gasteiger partial charge on any atom is -0.322 e. The molecule has 2 aromatic carbocycles. The predicted molar refractivity (Wildman–Crippen MR) is 97.0 cm³/mol. The number of rotatable bonds is 3. The van der Waals surface area contributed by atoms with E-state index in [4.69, 9.17) is 23.2 Å². The second-order valence-electron chi connectivity index (χ2n) is 5.24. The molecule has 2 N–H and O–H groups in total. The van der Waals surface area contributed by atoms with Crippen LogP contribution in [0.4, 0.5) is 10.1 Å². The zero-order chi connectivity index (χ0) is 18.8. The minimum atomic E-state index is -0.856. The summed E-state index contributed by atoms with van der Waals surface area (Å²) in [4.78, 5) is 39.3. The third-order valence-electron chi connectivity index (χ3n) is 3.43. The number of nitrogens with one attached hydrogen (secondary N) is 2. The number of amides is 1. The molecule has 0 fully saturated rings. The van der Waals surface area contributed by atoms with Crippen molar-refractivity contribution in [2.45, 2.75) is 0 Å². The van der Waals surface area contributed by atoms with Crippen molar-refractivity contribution in [3.05, 3.63) is 90.9 Å². The van der Waals surface area contributed by atoms with Crippen molar-refractivity contribution in [3.63, 3.8) is 0 Å². The maximum atomic E-state index is 13.1. The average Bonchev–Trinajstić information content (AvgIpc) is 2.55. The van der Waals surface area contributed by atoms with Gasteiger partial charge in [-0.05, 0) is 42.5 Å². The number of carbonyl (C=O) groups is 1. The number of benzene rings is 2. The van der Waals surface area contributed by atoms with Crippen LogP contribution in [-0.4, -0.2) is 15.5 Å². The van der Waals surface area contributed by atoms with Crippen molar-refractivity contribution >= 4 is 34.8 Å². The lowest BCUT2D eigenvalue weighted by atomic mass is 10.2. The molecule has 0 bridgehead atoms. The number of aromatic nitrogens is 2. The Balaban J connectivity index is 2.02. The molecule has 26 heavy (non-hydrogen) atoms. The molecular weight excluding hydrogens is 384 g/mol. The van der Waals surface area contributed by atoms with E-state index in [-0.39, 0.29) is 16.9 Å². The lowest BCUT2D eigenvalue weighted by Gasteiger charge is -2.09. The van der Waals surface area contributed by atoms with Crippen molar-refractivity contribution in [3.8, 4) is 5.69 Å². The third-order valence-corrected chi connectivity index (χ3v) is 3.86. The Labute approximate surface area is 155 Å². The molecule has 0 aliphatic carbocycles. The van der Waals surface area contributed by atoms with Crippen molar-refractivity contribution in [2.24, 2.45) is 0 Å². The summed E-state index contributed by atoms with van der Waals surface area (Å²) < 4.78 is 13.8. The van der Waals surface area contributed by atoms with Crippen LogP contribution in [0.15, 0.2) is 58.3 Å². The summed E-state index contributed by atoms with van der Waals surface area (Å²) in [6.45, 7) is 0. The van der Waals surface area contributed by atoms with Crippen LogP contribution in [0.2, 0.25) is 10.0 Å². The SMILES string of the molecule is O=C(Nc1cc(Cl)cc(Cl)c1)c1c[nH]c(=O)n(-c2ccc(F)cc2)c1=O. The van der Waals surface area contributed by atoms with E-state index in [0.717, 1.165) is 22.9 Å². The molecule has 3 aromatic rings. The van der Waals surface area contributed by atoms with Gasteiger partial charge in [0.2, 0.25) is 0 Å². The summed E-state index contributed by atoms with van der Waals surface area (Å²) in [6, 6.07) is 9.10. The van der Waals surface area contributed by atoms with Crippen LogP contribution >= 0.6 is 23.2 Å². The maximum Gasteiger partial charge on any atom is 0.333 e. The summed E-state index contributed by atoms with van der Waals surface area (Å²) in [6.07, 6.45) is 1.01. The fourth-order valence-corrected chi connectivity index (χ4v) is 2.81. The van der Waals surface area contributed by atoms with E-state index in [1.54, 1.807) is 0 Å². The zero-order valence-electron chi connectivity index (χ0n) is 12.9. The molecule has 0 spiro atoms. The topological polar surface area (TPSA) is 84.0 Å². The van der Waals surface area contributed by atoms with E-state index in [2.05, 4.69) is 10.3 Å². The first kappa shape index (κ1) is 17.9. The number of hydrogen-bond donors (Lipinski definition) is 2. The lowest BCUT2D eigenvalue weighted by Crippen LogP contribution is -2.38. The highest BCUT2D eigenvalue weighted by atomic mass is 35.5. The van der Waals surface area contributed by atoms with Crippen LogP contribution < -0.4 is 16.6 Å². The number of H-pyrrole nitrogens is 1. The van der Waals surface area contributed by atoms with E-state index in [0.29, 0.717) is 10.0 Å². The van der Waals surface area contributed by atoms with Crippen molar-refractivity contribution < 1.29 is 9.18 Å². The van der Waals surface area contributed by atoms with Crippen molar-refractivity contribution in [2.75, 3.05) is 5.32 Å². The highest BCUT2D eigenvalue weighted by molar-refractivity contribution is 6.35. The van der Waals surface area contributed by atoms with Crippen molar-refractivity contribution in [1.82, 2.24) is 9.55 Å². The van der Waals surface area contributed by atoms with Gasteiger partial charge in [-0.3, -0.25) is 9.59 Å². The second-order valence-corrected chi connectivity index (χ2v) is 6.11. The van der Waals surface area contributed by atoms with Crippen LogP contribution in [0.1, 0.15) is 10.4 Å². The highest BCUT2D eigenvalue weighted by Crippen LogP contribution is 2.22. The smallest absolute Gasteiger partial charge is 0.322 e. The molecule has 0 saturated heterocycles. The Kier molecular flexibility index (Phi) is 4.92. The summed E-state index contributed by atoms with van der Waals surface area (Å²) >= 11 is 11.7. The number of nitrogens with zero attached hydrogens (tertiary/aromatic N) is 1. The van der Waals surface area contributed by atoms with Crippen molar-refractivity contribution in [1.29, 1.82) is 0 Å². The maximum absolute atomic E-state index is 13.1. The molecular formula is C17H10Cl2FN3O3. The molecule has 0 atom stereocenters. The molecule has 0 aliphatic rings. The normalized spacial score (nSPS) is 10.6. The van der Waals surface area contributed by atoms with Gasteiger partial charge in [-0.1, -0.05) is 23.2 Å². The van der Waals surface area contributed by atoms with Gasteiger partial charge in [0.1, 0.15) is 11.4 Å². The first-order chi connectivity index (χ1) is 12.3. The van der Waals surface area contributed by atoms with Crippen LogP contribution in [0.5, 0.6) is 0 Å². The standard InChI is InChI=1S/C17H10Cl2FN3O3/c18-9-5-10(19)7-12(6-9)22-15(24)14-8-21-17(26)23(16(14)25)13-3-1-11(20)2-4-13/h1-8H,(H,21,26)(H,22,24). The van der Waals surface area contributed by atoms with E-state index >= 15 is 0 Å². The minimum absolute atomic E-state index is 0.123. The molecule has 1 aromatic heterocycles. The summed E-state index contributed by atoms with van der Waals surface area (Å²) in [7, 11) is 0. The Morgan fingerprint density at radius 1 is 1.04 bits per heavy atom. The first-order valence-corrected chi connectivity index (χ1v) is 7.99. The van der Waals surface area contributed by atoms with Crippen LogP contribution in [0.25, 0.3) is 5.69 Å².